The number of aromatic nitrogens is 1. The molecule has 0 fully saturated rings. The highest BCUT2D eigenvalue weighted by Gasteiger charge is 2.19. The Kier molecular flexibility index (Phi) is 7.19. The Morgan fingerprint density at radius 1 is 0.568 bits per heavy atom. The third-order valence-electron chi connectivity index (χ3n) is 6.38. The Bertz CT molecular complexity index is 1580. The van der Waals surface area contributed by atoms with Crippen molar-refractivity contribution in [2.45, 2.75) is 0 Å². The minimum absolute atomic E-state index is 0.651. The van der Waals surface area contributed by atoms with Crippen LogP contribution in [0.4, 0.5) is 0 Å². The van der Waals surface area contributed by atoms with Gasteiger partial charge in [0, 0.05) is 32.3 Å². The van der Waals surface area contributed by atoms with Crippen molar-refractivity contribution in [2.75, 3.05) is 28.4 Å². The van der Waals surface area contributed by atoms with Crippen LogP contribution in [-0.2, 0) is 0 Å². The van der Waals surface area contributed by atoms with E-state index in [4.69, 9.17) is 23.9 Å². The van der Waals surface area contributed by atoms with Gasteiger partial charge in [-0.05, 0) is 69.1 Å². The van der Waals surface area contributed by atoms with Crippen molar-refractivity contribution in [1.82, 2.24) is 4.98 Å². The Balaban J connectivity index is 1.70. The average molecular weight is 603 g/mol. The normalized spacial score (nSPS) is 10.8. The molecule has 0 atom stereocenters. The SMILES string of the molecule is COc1cc2ncc(-c3cc(OC)c(OC)c(-c4cccc(-c5ccccc5)c4)c3)c(I)c2cc1OC. The summed E-state index contributed by atoms with van der Waals surface area (Å²) < 4.78 is 23.7. The molecule has 0 radical (unpaired) electrons. The highest BCUT2D eigenvalue weighted by atomic mass is 127. The van der Waals surface area contributed by atoms with Gasteiger partial charge in [0.25, 0.3) is 0 Å². The van der Waals surface area contributed by atoms with Gasteiger partial charge >= 0.3 is 0 Å². The maximum atomic E-state index is 5.84. The molecule has 5 rings (SSSR count). The van der Waals surface area contributed by atoms with Crippen LogP contribution in [-0.4, -0.2) is 33.4 Å². The first-order valence-electron chi connectivity index (χ1n) is 11.7. The molecule has 1 aromatic heterocycles. The van der Waals surface area contributed by atoms with Gasteiger partial charge in [0.1, 0.15) is 0 Å². The molecule has 4 aromatic carbocycles. The van der Waals surface area contributed by atoms with Gasteiger partial charge in [0.15, 0.2) is 23.0 Å². The fourth-order valence-electron chi connectivity index (χ4n) is 4.52. The first kappa shape index (κ1) is 24.9. The first-order chi connectivity index (χ1) is 18.1. The number of rotatable bonds is 7. The van der Waals surface area contributed by atoms with Crippen molar-refractivity contribution in [3.8, 4) is 56.4 Å². The molecular formula is C31H26INO4. The minimum atomic E-state index is 0.651. The predicted octanol–water partition coefficient (Wildman–Crippen LogP) is 7.87. The van der Waals surface area contributed by atoms with Crippen LogP contribution in [0.5, 0.6) is 23.0 Å². The van der Waals surface area contributed by atoms with E-state index in [1.54, 1.807) is 28.4 Å². The Labute approximate surface area is 230 Å². The topological polar surface area (TPSA) is 49.8 Å². The number of methoxy groups -OCH3 is 4. The summed E-state index contributed by atoms with van der Waals surface area (Å²) in [5, 5.41) is 0.984. The molecule has 0 aliphatic carbocycles. The lowest BCUT2D eigenvalue weighted by molar-refractivity contribution is 0.356. The predicted molar refractivity (Wildman–Crippen MR) is 157 cm³/mol. The minimum Gasteiger partial charge on any atom is -0.493 e. The number of benzene rings is 4. The third kappa shape index (κ3) is 4.69. The second-order valence-corrected chi connectivity index (χ2v) is 9.50. The molecule has 186 valence electrons. The molecule has 1 heterocycles. The fraction of sp³-hybridized carbons (Fsp3) is 0.129. The Morgan fingerprint density at radius 3 is 1.95 bits per heavy atom. The molecule has 0 spiro atoms. The smallest absolute Gasteiger partial charge is 0.168 e. The van der Waals surface area contributed by atoms with E-state index >= 15 is 0 Å². The van der Waals surface area contributed by atoms with Crippen LogP contribution in [0.25, 0.3) is 44.3 Å². The van der Waals surface area contributed by atoms with Crippen molar-refractivity contribution < 1.29 is 18.9 Å². The van der Waals surface area contributed by atoms with Gasteiger partial charge in [-0.15, -0.1) is 0 Å². The van der Waals surface area contributed by atoms with Crippen LogP contribution < -0.4 is 18.9 Å². The van der Waals surface area contributed by atoms with Crippen molar-refractivity contribution in [3.63, 3.8) is 0 Å². The molecule has 0 saturated carbocycles. The third-order valence-corrected chi connectivity index (χ3v) is 7.54. The lowest BCUT2D eigenvalue weighted by Crippen LogP contribution is -1.97. The summed E-state index contributed by atoms with van der Waals surface area (Å²) in [7, 11) is 6.59. The zero-order valence-corrected chi connectivity index (χ0v) is 23.2. The molecule has 0 saturated heterocycles. The quantitative estimate of drug-likeness (QED) is 0.177. The molecular weight excluding hydrogens is 577 g/mol. The highest BCUT2D eigenvalue weighted by molar-refractivity contribution is 14.1. The number of hydrogen-bond donors (Lipinski definition) is 0. The Morgan fingerprint density at radius 2 is 1.24 bits per heavy atom. The van der Waals surface area contributed by atoms with Crippen LogP contribution in [0.1, 0.15) is 0 Å². The van der Waals surface area contributed by atoms with E-state index in [-0.39, 0.29) is 0 Å². The van der Waals surface area contributed by atoms with Gasteiger partial charge in [0.2, 0.25) is 0 Å². The summed E-state index contributed by atoms with van der Waals surface area (Å²) >= 11 is 2.37. The average Bonchev–Trinajstić information content (AvgIpc) is 2.96. The summed E-state index contributed by atoms with van der Waals surface area (Å²) in [4.78, 5) is 4.74. The second-order valence-electron chi connectivity index (χ2n) is 8.42. The van der Waals surface area contributed by atoms with Crippen LogP contribution in [0.15, 0.2) is 85.1 Å². The zero-order valence-electron chi connectivity index (χ0n) is 21.0. The molecule has 0 aliphatic rings. The molecule has 5 nitrogen and oxygen atoms in total. The summed E-state index contributed by atoms with van der Waals surface area (Å²) in [6.07, 6.45) is 1.89. The van der Waals surface area contributed by atoms with Crippen LogP contribution in [0, 0.1) is 3.57 Å². The monoisotopic (exact) mass is 603 g/mol. The molecule has 37 heavy (non-hydrogen) atoms. The van der Waals surface area contributed by atoms with Crippen molar-refractivity contribution in [1.29, 1.82) is 0 Å². The van der Waals surface area contributed by atoms with Gasteiger partial charge in [-0.3, -0.25) is 4.98 Å². The number of pyridine rings is 1. The van der Waals surface area contributed by atoms with E-state index in [0.717, 1.165) is 47.9 Å². The van der Waals surface area contributed by atoms with Gasteiger partial charge in [-0.25, -0.2) is 0 Å². The van der Waals surface area contributed by atoms with Crippen LogP contribution >= 0.6 is 22.6 Å². The molecule has 0 amide bonds. The Hall–Kier alpha value is -3.78. The van der Waals surface area contributed by atoms with E-state index in [0.29, 0.717) is 23.0 Å². The number of hydrogen-bond acceptors (Lipinski definition) is 5. The standard InChI is InChI=1S/C31H26INO4/c1-34-27-16-24-26(17-28(27)35-2)33-18-25(30(24)32)22-14-23(31(37-4)29(15-22)36-3)21-12-8-11-20(13-21)19-9-6-5-7-10-19/h5-18H,1-4H3. The van der Waals surface area contributed by atoms with Gasteiger partial charge in [0.05, 0.1) is 34.0 Å². The highest BCUT2D eigenvalue weighted by Crippen LogP contribution is 2.44. The molecule has 0 bridgehead atoms. The summed E-state index contributed by atoms with van der Waals surface area (Å²) in [6, 6.07) is 26.8. The van der Waals surface area contributed by atoms with Gasteiger partial charge in [-0.2, -0.15) is 0 Å². The van der Waals surface area contributed by atoms with E-state index in [1.165, 1.54) is 0 Å². The lowest BCUT2D eigenvalue weighted by Gasteiger charge is -2.17. The molecule has 6 heteroatoms. The largest absolute Gasteiger partial charge is 0.493 e. The lowest BCUT2D eigenvalue weighted by atomic mass is 9.95. The fourth-order valence-corrected chi connectivity index (χ4v) is 5.40. The maximum absolute atomic E-state index is 5.84. The van der Waals surface area contributed by atoms with Gasteiger partial charge < -0.3 is 18.9 Å². The van der Waals surface area contributed by atoms with Crippen molar-refractivity contribution in [3.05, 3.63) is 88.6 Å². The van der Waals surface area contributed by atoms with Crippen molar-refractivity contribution in [2.24, 2.45) is 0 Å². The summed E-state index contributed by atoms with van der Waals surface area (Å²) in [5.74, 6) is 2.66. The zero-order chi connectivity index (χ0) is 25.9. The van der Waals surface area contributed by atoms with Crippen molar-refractivity contribution >= 4 is 33.5 Å². The first-order valence-corrected chi connectivity index (χ1v) is 12.8. The summed E-state index contributed by atoms with van der Waals surface area (Å²) in [6.45, 7) is 0. The molecule has 5 aromatic rings. The summed E-state index contributed by atoms with van der Waals surface area (Å²) in [5.41, 5.74) is 7.07. The van der Waals surface area contributed by atoms with Crippen LogP contribution in [0.2, 0.25) is 0 Å². The molecule has 0 N–H and O–H groups in total. The number of fused-ring (bicyclic) bond motifs is 1. The van der Waals surface area contributed by atoms with Gasteiger partial charge in [-0.1, -0.05) is 48.5 Å². The molecule has 0 unspecified atom stereocenters. The maximum Gasteiger partial charge on any atom is 0.168 e. The van der Waals surface area contributed by atoms with E-state index in [9.17, 15) is 0 Å². The van der Waals surface area contributed by atoms with Crippen LogP contribution in [0.3, 0.4) is 0 Å². The van der Waals surface area contributed by atoms with E-state index in [2.05, 4.69) is 65.1 Å². The van der Waals surface area contributed by atoms with E-state index < -0.39 is 0 Å². The number of halogens is 1. The second kappa shape index (κ2) is 10.7. The van der Waals surface area contributed by atoms with E-state index in [1.807, 2.05) is 42.6 Å². The number of nitrogens with zero attached hydrogens (tertiary/aromatic N) is 1. The molecule has 0 aliphatic heterocycles. The number of ether oxygens (including phenoxy) is 4.